The summed E-state index contributed by atoms with van der Waals surface area (Å²) in [7, 11) is 0. The molecule has 1 aliphatic rings. The molecule has 1 fully saturated rings. The summed E-state index contributed by atoms with van der Waals surface area (Å²) in [5.74, 6) is 0.0798. The molecule has 22 heavy (non-hydrogen) atoms. The summed E-state index contributed by atoms with van der Waals surface area (Å²) in [5.41, 5.74) is 0.938. The fourth-order valence-corrected chi connectivity index (χ4v) is 2.62. The van der Waals surface area contributed by atoms with E-state index in [0.717, 1.165) is 18.5 Å². The van der Waals surface area contributed by atoms with E-state index < -0.39 is 0 Å². The predicted octanol–water partition coefficient (Wildman–Crippen LogP) is 0.533. The molecule has 0 radical (unpaired) electrons. The van der Waals surface area contributed by atoms with Crippen molar-refractivity contribution in [3.63, 3.8) is 0 Å². The fourth-order valence-electron chi connectivity index (χ4n) is 2.62. The van der Waals surface area contributed by atoms with Gasteiger partial charge in [0.15, 0.2) is 0 Å². The smallest absolute Gasteiger partial charge is 0.244 e. The van der Waals surface area contributed by atoms with Crippen molar-refractivity contribution in [2.24, 2.45) is 0 Å². The number of hydrogen-bond donors (Lipinski definition) is 0. The zero-order valence-electron chi connectivity index (χ0n) is 12.3. The number of hydrogen-bond acceptors (Lipinski definition) is 5. The highest BCUT2D eigenvalue weighted by Gasteiger charge is 2.27. The van der Waals surface area contributed by atoms with Gasteiger partial charge in [0.2, 0.25) is 5.91 Å². The average molecular weight is 301 g/mol. The van der Waals surface area contributed by atoms with E-state index in [-0.39, 0.29) is 18.5 Å². The van der Waals surface area contributed by atoms with Crippen LogP contribution in [0.5, 0.6) is 0 Å². The lowest BCUT2D eigenvalue weighted by molar-refractivity contribution is -0.141. The lowest BCUT2D eigenvalue weighted by Gasteiger charge is -2.35. The third kappa shape index (κ3) is 3.67. The summed E-state index contributed by atoms with van der Waals surface area (Å²) in [5, 5.41) is 4.09. The molecule has 0 bridgehead atoms. The number of nitrogens with zero attached hydrogens (tertiary/aromatic N) is 5. The van der Waals surface area contributed by atoms with Crippen molar-refractivity contribution in [1.29, 1.82) is 0 Å². The number of aryl methyl sites for hydroxylation is 1. The van der Waals surface area contributed by atoms with E-state index in [9.17, 15) is 4.79 Å². The molecule has 0 aliphatic carbocycles. The Morgan fingerprint density at radius 3 is 3.09 bits per heavy atom. The molecule has 2 aromatic heterocycles. The number of rotatable bonds is 5. The van der Waals surface area contributed by atoms with E-state index in [4.69, 9.17) is 4.74 Å². The van der Waals surface area contributed by atoms with Gasteiger partial charge in [-0.2, -0.15) is 5.10 Å². The van der Waals surface area contributed by atoms with Crippen molar-refractivity contribution in [1.82, 2.24) is 24.6 Å². The molecular weight excluding hydrogens is 282 g/mol. The Balaban J connectivity index is 1.59. The van der Waals surface area contributed by atoms with Crippen LogP contribution >= 0.6 is 0 Å². The Morgan fingerprint density at radius 2 is 2.32 bits per heavy atom. The largest absolute Gasteiger partial charge is 0.377 e. The van der Waals surface area contributed by atoms with Crippen LogP contribution in [0.15, 0.2) is 37.1 Å². The summed E-state index contributed by atoms with van der Waals surface area (Å²) in [6.45, 7) is 2.07. The number of morpholine rings is 1. The Morgan fingerprint density at radius 1 is 1.36 bits per heavy atom. The van der Waals surface area contributed by atoms with Crippen molar-refractivity contribution in [2.75, 3.05) is 19.8 Å². The maximum absolute atomic E-state index is 12.5. The summed E-state index contributed by atoms with van der Waals surface area (Å²) in [4.78, 5) is 22.7. The molecular formula is C15H19N5O2. The van der Waals surface area contributed by atoms with Crippen LogP contribution in [0, 0.1) is 0 Å². The zero-order valence-corrected chi connectivity index (χ0v) is 12.3. The first-order valence-electron chi connectivity index (χ1n) is 7.42. The lowest BCUT2D eigenvalue weighted by atomic mass is 10.1. The quantitative estimate of drug-likeness (QED) is 0.805. The number of carbonyl (C=O) groups is 1. The van der Waals surface area contributed by atoms with Gasteiger partial charge in [0.05, 0.1) is 24.9 Å². The molecule has 3 rings (SSSR count). The molecule has 2 aromatic rings. The SMILES string of the molecule is O=C(Cn1cccn1)N1CCOC[C@H]1CCc1cnccn1. The second-order valence-corrected chi connectivity index (χ2v) is 5.25. The third-order valence-corrected chi connectivity index (χ3v) is 3.75. The first-order chi connectivity index (χ1) is 10.8. The van der Waals surface area contributed by atoms with Gasteiger partial charge >= 0.3 is 0 Å². The molecule has 3 heterocycles. The number of aromatic nitrogens is 4. The Labute approximate surface area is 128 Å². The van der Waals surface area contributed by atoms with Gasteiger partial charge in [0.25, 0.3) is 0 Å². The van der Waals surface area contributed by atoms with E-state index in [1.807, 2.05) is 11.0 Å². The highest BCUT2D eigenvalue weighted by molar-refractivity contribution is 5.76. The van der Waals surface area contributed by atoms with Gasteiger partial charge in [0, 0.05) is 37.5 Å². The van der Waals surface area contributed by atoms with Crippen LogP contribution in [0.2, 0.25) is 0 Å². The number of carbonyl (C=O) groups excluding carboxylic acids is 1. The Bertz CT molecular complexity index is 587. The predicted molar refractivity (Wildman–Crippen MR) is 78.9 cm³/mol. The van der Waals surface area contributed by atoms with Crippen molar-refractivity contribution in [2.45, 2.75) is 25.4 Å². The van der Waals surface area contributed by atoms with Crippen LogP contribution in [0.25, 0.3) is 0 Å². The highest BCUT2D eigenvalue weighted by atomic mass is 16.5. The van der Waals surface area contributed by atoms with Gasteiger partial charge in [-0.1, -0.05) is 0 Å². The van der Waals surface area contributed by atoms with E-state index >= 15 is 0 Å². The van der Waals surface area contributed by atoms with Crippen molar-refractivity contribution < 1.29 is 9.53 Å². The summed E-state index contributed by atoms with van der Waals surface area (Å²) in [6.07, 6.45) is 10.2. The van der Waals surface area contributed by atoms with Gasteiger partial charge in [-0.15, -0.1) is 0 Å². The fraction of sp³-hybridized carbons (Fsp3) is 0.467. The van der Waals surface area contributed by atoms with Crippen LogP contribution in [0.3, 0.4) is 0 Å². The van der Waals surface area contributed by atoms with Crippen LogP contribution in [0.1, 0.15) is 12.1 Å². The van der Waals surface area contributed by atoms with Crippen molar-refractivity contribution >= 4 is 5.91 Å². The first kappa shape index (κ1) is 14.6. The standard InChI is InChI=1S/C15H19N5O2/c21-15(11-19-7-1-4-18-19)20-8-9-22-12-14(20)3-2-13-10-16-5-6-17-13/h1,4-7,10,14H,2-3,8-9,11-12H2/t14-/m1/s1. The molecule has 0 saturated carbocycles. The lowest BCUT2D eigenvalue weighted by Crippen LogP contribution is -2.50. The monoisotopic (exact) mass is 301 g/mol. The van der Waals surface area contributed by atoms with Gasteiger partial charge < -0.3 is 9.64 Å². The van der Waals surface area contributed by atoms with E-state index in [2.05, 4.69) is 15.1 Å². The van der Waals surface area contributed by atoms with E-state index in [0.29, 0.717) is 19.8 Å². The van der Waals surface area contributed by atoms with Crippen LogP contribution in [-0.4, -0.2) is 56.4 Å². The minimum Gasteiger partial charge on any atom is -0.377 e. The number of ether oxygens (including phenoxy) is 1. The zero-order chi connectivity index (χ0) is 15.2. The first-order valence-corrected chi connectivity index (χ1v) is 7.42. The maximum Gasteiger partial charge on any atom is 0.244 e. The summed E-state index contributed by atoms with van der Waals surface area (Å²) in [6, 6.07) is 1.90. The third-order valence-electron chi connectivity index (χ3n) is 3.75. The van der Waals surface area contributed by atoms with Gasteiger partial charge in [-0.05, 0) is 18.9 Å². The Kier molecular flexibility index (Phi) is 4.75. The van der Waals surface area contributed by atoms with E-state index in [1.165, 1.54) is 0 Å². The van der Waals surface area contributed by atoms with Gasteiger partial charge in [-0.3, -0.25) is 19.4 Å². The molecule has 0 N–H and O–H groups in total. The van der Waals surface area contributed by atoms with Crippen LogP contribution < -0.4 is 0 Å². The second kappa shape index (κ2) is 7.13. The molecule has 116 valence electrons. The molecule has 1 aliphatic heterocycles. The van der Waals surface area contributed by atoms with Crippen LogP contribution in [-0.2, 0) is 22.5 Å². The van der Waals surface area contributed by atoms with Gasteiger partial charge in [0.1, 0.15) is 6.54 Å². The molecule has 0 spiro atoms. The average Bonchev–Trinajstić information content (AvgIpc) is 3.07. The Hall–Kier alpha value is -2.28. The summed E-state index contributed by atoms with van der Waals surface area (Å²) < 4.78 is 7.18. The molecule has 7 nitrogen and oxygen atoms in total. The van der Waals surface area contributed by atoms with Crippen LogP contribution in [0.4, 0.5) is 0 Å². The second-order valence-electron chi connectivity index (χ2n) is 5.25. The maximum atomic E-state index is 12.5. The molecule has 1 amide bonds. The normalized spacial score (nSPS) is 18.4. The molecule has 0 unspecified atom stereocenters. The number of amides is 1. The highest BCUT2D eigenvalue weighted by Crippen LogP contribution is 2.14. The molecule has 1 saturated heterocycles. The van der Waals surface area contributed by atoms with Crippen molar-refractivity contribution in [3.05, 3.63) is 42.7 Å². The van der Waals surface area contributed by atoms with Crippen molar-refractivity contribution in [3.8, 4) is 0 Å². The topological polar surface area (TPSA) is 73.1 Å². The summed E-state index contributed by atoms with van der Waals surface area (Å²) >= 11 is 0. The molecule has 1 atom stereocenters. The minimum atomic E-state index is 0.0798. The minimum absolute atomic E-state index is 0.0798. The van der Waals surface area contributed by atoms with E-state index in [1.54, 1.807) is 35.7 Å². The molecule has 0 aromatic carbocycles. The molecule has 7 heteroatoms. The van der Waals surface area contributed by atoms with Gasteiger partial charge in [-0.25, -0.2) is 0 Å².